The van der Waals surface area contributed by atoms with Gasteiger partial charge in [0.25, 0.3) is 0 Å². The zero-order valence-electron chi connectivity index (χ0n) is 6.38. The highest BCUT2D eigenvalue weighted by molar-refractivity contribution is 7.72. The van der Waals surface area contributed by atoms with Gasteiger partial charge in [-0.2, -0.15) is 0 Å². The van der Waals surface area contributed by atoms with Gasteiger partial charge in [0.15, 0.2) is 0 Å². The molecule has 0 bridgehead atoms. The molecule has 0 unspecified atom stereocenters. The van der Waals surface area contributed by atoms with Crippen LogP contribution in [0.1, 0.15) is 20.8 Å². The first-order valence-corrected chi connectivity index (χ1v) is 4.35. The van der Waals surface area contributed by atoms with Crippen LogP contribution < -0.4 is 0 Å². The van der Waals surface area contributed by atoms with Crippen LogP contribution in [0.2, 0.25) is 0 Å². The molecule has 0 saturated heterocycles. The van der Waals surface area contributed by atoms with E-state index in [-0.39, 0.29) is 11.5 Å². The normalized spacial score (nSPS) is 12.0. The smallest absolute Gasteiger partial charge is 0.141 e. The van der Waals surface area contributed by atoms with Gasteiger partial charge in [-0.05, 0) is 6.92 Å². The summed E-state index contributed by atoms with van der Waals surface area (Å²) in [7, 11) is -2.44. The van der Waals surface area contributed by atoms with E-state index in [0.717, 1.165) is 0 Å². The van der Waals surface area contributed by atoms with Crippen molar-refractivity contribution < 1.29 is 13.2 Å². The van der Waals surface area contributed by atoms with E-state index in [1.54, 1.807) is 13.8 Å². The Kier molecular flexibility index (Phi) is 3.02. The molecule has 3 nitrogen and oxygen atoms in total. The van der Waals surface area contributed by atoms with E-state index in [1.165, 1.54) is 6.92 Å². The third-order valence-electron chi connectivity index (χ3n) is 1.48. The molecule has 0 saturated carbocycles. The molecular weight excluding hydrogens is 152 g/mol. The van der Waals surface area contributed by atoms with Gasteiger partial charge in [-0.1, -0.05) is 13.8 Å². The van der Waals surface area contributed by atoms with Crippen molar-refractivity contribution in [2.45, 2.75) is 20.8 Å². The summed E-state index contributed by atoms with van der Waals surface area (Å²) in [5.74, 6) is -0.149. The van der Waals surface area contributed by atoms with Crippen LogP contribution in [0.15, 0.2) is 0 Å². The molecule has 0 spiro atoms. The Morgan fingerprint density at radius 1 is 1.40 bits per heavy atom. The average molecular weight is 164 g/mol. The summed E-state index contributed by atoms with van der Waals surface area (Å²) in [6.07, 6.45) is 0. The third-order valence-corrected chi connectivity index (χ3v) is 2.53. The summed E-state index contributed by atoms with van der Waals surface area (Å²) in [5, 5.41) is 0. The van der Waals surface area contributed by atoms with E-state index in [9.17, 15) is 13.2 Å². The second-order valence-corrected chi connectivity index (χ2v) is 3.91. The van der Waals surface area contributed by atoms with Gasteiger partial charge in [0.1, 0.15) is 16.5 Å². The zero-order valence-corrected chi connectivity index (χ0v) is 7.27. The van der Waals surface area contributed by atoms with Gasteiger partial charge >= 0.3 is 0 Å². The maximum atomic E-state index is 10.7. The van der Waals surface area contributed by atoms with Crippen LogP contribution >= 0.6 is 0 Å². The van der Waals surface area contributed by atoms with Crippen molar-refractivity contribution in [1.82, 2.24) is 0 Å². The van der Waals surface area contributed by atoms with Gasteiger partial charge in [0.2, 0.25) is 0 Å². The van der Waals surface area contributed by atoms with Crippen molar-refractivity contribution in [1.29, 1.82) is 0 Å². The molecule has 0 fully saturated rings. The molecule has 60 valence electrons. The highest BCUT2D eigenvalue weighted by Gasteiger charge is 2.24. The van der Waals surface area contributed by atoms with Crippen molar-refractivity contribution in [3.8, 4) is 0 Å². The van der Waals surface area contributed by atoms with Gasteiger partial charge in [-0.15, -0.1) is 0 Å². The molecule has 4 heteroatoms. The molecule has 0 N–H and O–H groups in total. The second kappa shape index (κ2) is 3.14. The molecule has 0 heterocycles. The maximum Gasteiger partial charge on any atom is 0.141 e. The third kappa shape index (κ3) is 2.96. The van der Waals surface area contributed by atoms with Gasteiger partial charge < -0.3 is 0 Å². The Morgan fingerprint density at radius 3 is 1.90 bits per heavy atom. The molecule has 0 atom stereocenters. The fourth-order valence-corrected chi connectivity index (χ4v) is 1.30. The largest absolute Gasteiger partial charge is 0.299 e. The molecule has 0 rings (SSSR count). The van der Waals surface area contributed by atoms with Gasteiger partial charge in [0.05, 0.1) is 5.75 Å². The lowest BCUT2D eigenvalue weighted by Gasteiger charge is -2.16. The Bertz CT molecular complexity index is 195. The summed E-state index contributed by atoms with van der Waals surface area (Å²) in [6, 6.07) is 0. The number of carbonyl (C=O) groups excluding carboxylic acids is 1. The fourth-order valence-electron chi connectivity index (χ4n) is 0.434. The molecule has 0 aromatic heterocycles. The second-order valence-electron chi connectivity index (χ2n) is 2.93. The van der Waals surface area contributed by atoms with Gasteiger partial charge in [-0.25, -0.2) is 8.42 Å². The highest BCUT2D eigenvalue weighted by Crippen LogP contribution is 2.15. The standard InChI is InChI=1S/C6H12O3S/c1-5(7)6(2,3)4-10(8)9/h10H,4H2,1-3H3. The Morgan fingerprint density at radius 2 is 1.80 bits per heavy atom. The van der Waals surface area contributed by atoms with Crippen molar-refractivity contribution >= 4 is 16.5 Å². The van der Waals surface area contributed by atoms with Crippen LogP contribution in [-0.4, -0.2) is 20.0 Å². The summed E-state index contributed by atoms with van der Waals surface area (Å²) in [4.78, 5) is 10.7. The van der Waals surface area contributed by atoms with E-state index in [1.807, 2.05) is 0 Å². The number of Topliss-reactive ketones (excluding diaryl/α,β-unsaturated/α-hetero) is 1. The van der Waals surface area contributed by atoms with Crippen LogP contribution in [0.4, 0.5) is 0 Å². The first-order valence-electron chi connectivity index (χ1n) is 2.99. The minimum Gasteiger partial charge on any atom is -0.299 e. The molecule has 0 aliphatic carbocycles. The van der Waals surface area contributed by atoms with Crippen molar-refractivity contribution in [2.75, 3.05) is 5.75 Å². The fraction of sp³-hybridized carbons (Fsp3) is 0.833. The predicted molar refractivity (Wildman–Crippen MR) is 39.6 cm³/mol. The van der Waals surface area contributed by atoms with Gasteiger partial charge in [-0.3, -0.25) is 4.79 Å². The molecule has 0 aromatic carbocycles. The van der Waals surface area contributed by atoms with E-state index in [2.05, 4.69) is 0 Å². The summed E-state index contributed by atoms with van der Waals surface area (Å²) in [6.45, 7) is 4.65. The Hall–Kier alpha value is -0.380. The zero-order chi connectivity index (χ0) is 8.36. The van der Waals surface area contributed by atoms with E-state index >= 15 is 0 Å². The van der Waals surface area contributed by atoms with Crippen LogP contribution in [0.25, 0.3) is 0 Å². The number of carbonyl (C=O) groups is 1. The molecule has 0 radical (unpaired) electrons. The molecule has 0 aliphatic heterocycles. The molecule has 10 heavy (non-hydrogen) atoms. The summed E-state index contributed by atoms with van der Waals surface area (Å²) >= 11 is 0. The number of hydrogen-bond acceptors (Lipinski definition) is 3. The number of hydrogen-bond donors (Lipinski definition) is 1. The molecule has 0 aliphatic rings. The Labute approximate surface area is 62.4 Å². The lowest BCUT2D eigenvalue weighted by atomic mass is 9.92. The minimum absolute atomic E-state index is 0.0579. The summed E-state index contributed by atoms with van der Waals surface area (Å²) in [5.41, 5.74) is -0.713. The van der Waals surface area contributed by atoms with E-state index in [4.69, 9.17) is 0 Å². The molecular formula is C6H12O3S. The molecule has 0 amide bonds. The minimum atomic E-state index is -2.44. The van der Waals surface area contributed by atoms with Crippen molar-refractivity contribution in [2.24, 2.45) is 5.41 Å². The van der Waals surface area contributed by atoms with Crippen LogP contribution in [0.3, 0.4) is 0 Å². The number of ketones is 1. The topological polar surface area (TPSA) is 51.2 Å². The first kappa shape index (κ1) is 9.62. The highest BCUT2D eigenvalue weighted by atomic mass is 32.2. The van der Waals surface area contributed by atoms with Crippen molar-refractivity contribution in [3.63, 3.8) is 0 Å². The van der Waals surface area contributed by atoms with Crippen LogP contribution in [-0.2, 0) is 15.5 Å². The SMILES string of the molecule is CC(=O)C(C)(C)C[SH](=O)=O. The number of thiol groups is 1. The van der Waals surface area contributed by atoms with E-state index < -0.39 is 16.1 Å². The van der Waals surface area contributed by atoms with Crippen LogP contribution in [0, 0.1) is 5.41 Å². The summed E-state index contributed by atoms with van der Waals surface area (Å²) < 4.78 is 20.4. The molecule has 0 aromatic rings. The van der Waals surface area contributed by atoms with Crippen LogP contribution in [0.5, 0.6) is 0 Å². The Balaban J connectivity index is 4.27. The maximum absolute atomic E-state index is 10.7. The lowest BCUT2D eigenvalue weighted by Crippen LogP contribution is -2.26. The first-order chi connectivity index (χ1) is 4.36. The average Bonchev–Trinajstić information content (AvgIpc) is 1.60. The quantitative estimate of drug-likeness (QED) is 0.607. The van der Waals surface area contributed by atoms with Crippen molar-refractivity contribution in [3.05, 3.63) is 0 Å². The van der Waals surface area contributed by atoms with Gasteiger partial charge in [0, 0.05) is 5.41 Å². The lowest BCUT2D eigenvalue weighted by molar-refractivity contribution is -0.123. The van der Waals surface area contributed by atoms with E-state index in [0.29, 0.717) is 0 Å². The monoisotopic (exact) mass is 164 g/mol. The predicted octanol–water partition coefficient (Wildman–Crippen LogP) is 0.213. The number of rotatable bonds is 3.